The van der Waals surface area contributed by atoms with Crippen LogP contribution in [0.5, 0.6) is 11.5 Å². The number of ether oxygens (including phenoxy) is 4. The van der Waals surface area contributed by atoms with Gasteiger partial charge in [-0.1, -0.05) is 12.1 Å². The first kappa shape index (κ1) is 29.0. The van der Waals surface area contributed by atoms with Crippen LogP contribution >= 0.6 is 0 Å². The topological polar surface area (TPSA) is 36.9 Å². The zero-order valence-corrected chi connectivity index (χ0v) is 20.5. The first-order valence-corrected chi connectivity index (χ1v) is 12.1. The molecule has 0 aromatic heterocycles. The van der Waals surface area contributed by atoms with Crippen molar-refractivity contribution in [3.8, 4) is 22.6 Å². The number of hydrogen-bond donors (Lipinski definition) is 0. The highest BCUT2D eigenvalue weighted by Crippen LogP contribution is 2.42. The number of rotatable bonds is 7. The lowest BCUT2D eigenvalue weighted by Gasteiger charge is -2.29. The van der Waals surface area contributed by atoms with Crippen LogP contribution in [0.3, 0.4) is 0 Å². The van der Waals surface area contributed by atoms with Gasteiger partial charge in [-0.3, -0.25) is 0 Å². The lowest BCUT2D eigenvalue weighted by molar-refractivity contribution is -0.276. The third kappa shape index (κ3) is 6.38. The van der Waals surface area contributed by atoms with Crippen LogP contribution in [0.25, 0.3) is 11.1 Å². The largest absolute Gasteiger partial charge is 0.573 e. The van der Waals surface area contributed by atoms with Gasteiger partial charge < -0.3 is 18.9 Å². The summed E-state index contributed by atoms with van der Waals surface area (Å²) in [5.74, 6) is -11.5. The van der Waals surface area contributed by atoms with Crippen LogP contribution < -0.4 is 9.47 Å². The summed E-state index contributed by atoms with van der Waals surface area (Å²) in [7, 11) is 0. The summed E-state index contributed by atoms with van der Waals surface area (Å²) >= 11 is 0. The maximum absolute atomic E-state index is 14.9. The monoisotopic (exact) mass is 596 g/mol. The molecule has 0 amide bonds. The summed E-state index contributed by atoms with van der Waals surface area (Å²) in [6.45, 7) is 0.856. The molecule has 1 aliphatic heterocycles. The highest BCUT2D eigenvalue weighted by Gasteiger charge is 2.42. The molecule has 0 bridgehead atoms. The van der Waals surface area contributed by atoms with Gasteiger partial charge in [-0.2, -0.15) is 8.78 Å². The molecule has 0 spiro atoms. The van der Waals surface area contributed by atoms with Crippen LogP contribution in [0.2, 0.25) is 0 Å². The Morgan fingerprint density at radius 2 is 1.24 bits per heavy atom. The Morgan fingerprint density at radius 1 is 0.659 bits per heavy atom. The fourth-order valence-electron chi connectivity index (χ4n) is 4.48. The molecule has 1 aliphatic carbocycles. The molecule has 2 aliphatic rings. The molecule has 0 unspecified atom stereocenters. The van der Waals surface area contributed by atoms with Gasteiger partial charge in [0.1, 0.15) is 28.8 Å². The summed E-state index contributed by atoms with van der Waals surface area (Å²) in [5.41, 5.74) is -2.51. The van der Waals surface area contributed by atoms with E-state index in [2.05, 4.69) is 9.47 Å². The highest BCUT2D eigenvalue weighted by molar-refractivity contribution is 5.65. The van der Waals surface area contributed by atoms with Crippen LogP contribution in [0.4, 0.5) is 43.9 Å². The molecule has 1 heterocycles. The Balaban J connectivity index is 1.35. The van der Waals surface area contributed by atoms with Crippen LogP contribution in [-0.4, -0.2) is 19.6 Å². The van der Waals surface area contributed by atoms with Crippen LogP contribution in [0.15, 0.2) is 42.5 Å². The fraction of sp³-hybridized carbons (Fsp3) is 0.333. The normalized spacial score (nSPS) is 19.8. The van der Waals surface area contributed by atoms with Crippen LogP contribution in [0, 0.1) is 40.9 Å². The summed E-state index contributed by atoms with van der Waals surface area (Å²) in [6, 6.07) is 4.16. The van der Waals surface area contributed by atoms with Crippen LogP contribution in [0.1, 0.15) is 30.3 Å². The summed E-state index contributed by atoms with van der Waals surface area (Å²) in [4.78, 5) is 0. The average molecular weight is 596 g/mol. The molecule has 0 atom stereocenters. The summed E-state index contributed by atoms with van der Waals surface area (Å²) < 4.78 is 157. The second kappa shape index (κ2) is 10.7. The molecule has 5 rings (SSSR count). The van der Waals surface area contributed by atoms with Gasteiger partial charge in [-0.05, 0) is 42.5 Å². The van der Waals surface area contributed by atoms with Crippen molar-refractivity contribution in [3.05, 3.63) is 82.7 Å². The first-order chi connectivity index (χ1) is 19.2. The predicted octanol–water partition coefficient (Wildman–Crippen LogP) is 8.15. The van der Waals surface area contributed by atoms with Crippen molar-refractivity contribution in [1.29, 1.82) is 0 Å². The van der Waals surface area contributed by atoms with Crippen molar-refractivity contribution in [1.82, 2.24) is 0 Å². The Bertz CT molecular complexity index is 1400. The zero-order chi connectivity index (χ0) is 29.7. The molecule has 0 N–H and O–H groups in total. The van der Waals surface area contributed by atoms with E-state index in [4.69, 9.17) is 9.47 Å². The summed E-state index contributed by atoms with van der Waals surface area (Å²) in [5, 5.41) is 0. The average Bonchev–Trinajstić information content (AvgIpc) is 3.70. The van der Waals surface area contributed by atoms with E-state index in [1.54, 1.807) is 0 Å². The number of halogens is 10. The Kier molecular flexibility index (Phi) is 7.57. The molecule has 1 saturated heterocycles. The summed E-state index contributed by atoms with van der Waals surface area (Å²) in [6.07, 6.45) is -9.07. The van der Waals surface area contributed by atoms with Gasteiger partial charge in [0.2, 0.25) is 5.75 Å². The maximum atomic E-state index is 14.9. The number of alkyl halides is 5. The third-order valence-electron chi connectivity index (χ3n) is 6.56. The number of benzene rings is 3. The zero-order valence-electron chi connectivity index (χ0n) is 20.5. The van der Waals surface area contributed by atoms with Gasteiger partial charge in [-0.15, -0.1) is 13.2 Å². The molecule has 41 heavy (non-hydrogen) atoms. The molecule has 3 aromatic carbocycles. The molecular formula is C27H18F10O4. The van der Waals surface area contributed by atoms with E-state index in [0.29, 0.717) is 36.8 Å². The first-order valence-electron chi connectivity index (χ1n) is 12.1. The van der Waals surface area contributed by atoms with E-state index in [1.807, 2.05) is 0 Å². The van der Waals surface area contributed by atoms with Crippen molar-refractivity contribution >= 4 is 0 Å². The van der Waals surface area contributed by atoms with Crippen molar-refractivity contribution in [3.63, 3.8) is 0 Å². The van der Waals surface area contributed by atoms with Gasteiger partial charge in [0.05, 0.1) is 13.2 Å². The minimum atomic E-state index is -5.50. The standard InChI is InChI=1S/C27H18F10O4/c28-18-5-13(25-38-10-15(11-39-25)12-1-2-12)3-4-17(18)14-6-19(29)23(20(30)7-14)26(33,34)40-16-8-21(31)24(22(32)9-16)41-27(35,36)37/h3-9,12,15,25H,1-2,10-11H2. The van der Waals surface area contributed by atoms with Gasteiger partial charge in [-0.25, -0.2) is 22.0 Å². The Morgan fingerprint density at radius 3 is 1.76 bits per heavy atom. The molecule has 3 aromatic rings. The third-order valence-corrected chi connectivity index (χ3v) is 6.56. The van der Waals surface area contributed by atoms with Gasteiger partial charge in [0.15, 0.2) is 17.9 Å². The maximum Gasteiger partial charge on any atom is 0.573 e. The molecule has 14 heteroatoms. The van der Waals surface area contributed by atoms with Gasteiger partial charge in [0.25, 0.3) is 0 Å². The van der Waals surface area contributed by atoms with E-state index < -0.39 is 70.5 Å². The van der Waals surface area contributed by atoms with Gasteiger partial charge >= 0.3 is 12.5 Å². The van der Waals surface area contributed by atoms with E-state index >= 15 is 0 Å². The van der Waals surface area contributed by atoms with Gasteiger partial charge in [0, 0.05) is 29.2 Å². The van der Waals surface area contributed by atoms with Crippen LogP contribution in [-0.2, 0) is 15.6 Å². The lowest BCUT2D eigenvalue weighted by atomic mass is 10.00. The minimum Gasteiger partial charge on any atom is -0.429 e. The van der Waals surface area contributed by atoms with E-state index in [-0.39, 0.29) is 23.6 Å². The molecule has 1 saturated carbocycles. The molecule has 220 valence electrons. The van der Waals surface area contributed by atoms with Crippen molar-refractivity contribution in [2.45, 2.75) is 31.6 Å². The van der Waals surface area contributed by atoms with Crippen molar-refractivity contribution in [2.75, 3.05) is 13.2 Å². The number of hydrogen-bond acceptors (Lipinski definition) is 4. The molecule has 4 nitrogen and oxygen atoms in total. The highest BCUT2D eigenvalue weighted by atomic mass is 19.4. The molecular weight excluding hydrogens is 578 g/mol. The lowest BCUT2D eigenvalue weighted by Crippen LogP contribution is -2.28. The molecule has 2 fully saturated rings. The van der Waals surface area contributed by atoms with Crippen molar-refractivity contribution < 1.29 is 62.9 Å². The smallest absolute Gasteiger partial charge is 0.429 e. The quantitative estimate of drug-likeness (QED) is 0.258. The van der Waals surface area contributed by atoms with Crippen molar-refractivity contribution in [2.24, 2.45) is 11.8 Å². The van der Waals surface area contributed by atoms with E-state index in [1.165, 1.54) is 6.07 Å². The van der Waals surface area contributed by atoms with E-state index in [9.17, 15) is 43.9 Å². The Labute approximate surface area is 225 Å². The predicted molar refractivity (Wildman–Crippen MR) is 120 cm³/mol. The Hall–Kier alpha value is -3.52. The minimum absolute atomic E-state index is 0.0923. The second-order valence-corrected chi connectivity index (χ2v) is 9.53. The fourth-order valence-corrected chi connectivity index (χ4v) is 4.48. The SMILES string of the molecule is Fc1cc(C2OCC(C3CC3)CO2)ccc1-c1cc(F)c(C(F)(F)Oc2cc(F)c(OC(F)(F)F)c(F)c2)c(F)c1. The molecule has 0 radical (unpaired) electrons. The van der Waals surface area contributed by atoms with E-state index in [0.717, 1.165) is 25.0 Å². The second-order valence-electron chi connectivity index (χ2n) is 9.53.